The second-order valence-corrected chi connectivity index (χ2v) is 5.17. The maximum Gasteiger partial charge on any atom is 0.255 e. The van der Waals surface area contributed by atoms with E-state index in [0.717, 1.165) is 12.0 Å². The lowest BCUT2D eigenvalue weighted by Gasteiger charge is -2.28. The second kappa shape index (κ2) is 5.73. The van der Waals surface area contributed by atoms with Gasteiger partial charge in [0.25, 0.3) is 5.91 Å². The number of methoxy groups -OCH3 is 1. The van der Waals surface area contributed by atoms with Gasteiger partial charge in [0.15, 0.2) is 0 Å². The summed E-state index contributed by atoms with van der Waals surface area (Å²) >= 11 is 0. The van der Waals surface area contributed by atoms with Crippen molar-refractivity contribution < 1.29 is 19.1 Å². The van der Waals surface area contributed by atoms with E-state index in [1.165, 1.54) is 0 Å². The molecule has 21 heavy (non-hydrogen) atoms. The van der Waals surface area contributed by atoms with Gasteiger partial charge in [-0.25, -0.2) is 0 Å². The van der Waals surface area contributed by atoms with Crippen LogP contribution in [0.2, 0.25) is 0 Å². The predicted octanol–water partition coefficient (Wildman–Crippen LogP) is 0.904. The van der Waals surface area contributed by atoms with Crippen LogP contribution in [0.25, 0.3) is 0 Å². The quantitative estimate of drug-likeness (QED) is 0.879. The molecule has 0 bridgehead atoms. The van der Waals surface area contributed by atoms with Gasteiger partial charge in [0, 0.05) is 17.7 Å². The molecule has 0 saturated carbocycles. The van der Waals surface area contributed by atoms with Crippen molar-refractivity contribution in [1.82, 2.24) is 10.2 Å². The van der Waals surface area contributed by atoms with E-state index in [0.29, 0.717) is 30.9 Å². The smallest absolute Gasteiger partial charge is 0.255 e. The fourth-order valence-corrected chi connectivity index (χ4v) is 2.89. The highest BCUT2D eigenvalue weighted by Crippen LogP contribution is 2.32. The first-order valence-corrected chi connectivity index (χ1v) is 7.04. The lowest BCUT2D eigenvalue weighted by atomic mass is 10.1. The number of hydrogen-bond acceptors (Lipinski definition) is 4. The van der Waals surface area contributed by atoms with Gasteiger partial charge in [-0.05, 0) is 25.0 Å². The molecule has 1 atom stereocenters. The first-order chi connectivity index (χ1) is 10.2. The van der Waals surface area contributed by atoms with Crippen LogP contribution in [0.1, 0.15) is 28.8 Å². The van der Waals surface area contributed by atoms with E-state index in [4.69, 9.17) is 9.47 Å². The summed E-state index contributed by atoms with van der Waals surface area (Å²) in [6, 6.07) is 4.97. The number of rotatable bonds is 2. The van der Waals surface area contributed by atoms with Crippen LogP contribution in [0.5, 0.6) is 5.75 Å². The van der Waals surface area contributed by atoms with Crippen molar-refractivity contribution in [2.24, 2.45) is 0 Å². The van der Waals surface area contributed by atoms with Crippen LogP contribution in [-0.4, -0.2) is 43.2 Å². The third-order valence-corrected chi connectivity index (χ3v) is 3.97. The molecule has 0 spiro atoms. The van der Waals surface area contributed by atoms with E-state index in [-0.39, 0.29) is 18.5 Å². The molecule has 6 heteroatoms. The molecule has 1 unspecified atom stereocenters. The van der Waals surface area contributed by atoms with Gasteiger partial charge in [-0.15, -0.1) is 0 Å². The highest BCUT2D eigenvalue weighted by molar-refractivity contribution is 6.01. The second-order valence-electron chi connectivity index (χ2n) is 5.17. The molecule has 112 valence electrons. The molecule has 1 saturated heterocycles. The van der Waals surface area contributed by atoms with Crippen LogP contribution in [0, 0.1) is 0 Å². The van der Waals surface area contributed by atoms with Crippen molar-refractivity contribution in [1.29, 1.82) is 0 Å². The predicted molar refractivity (Wildman–Crippen MR) is 74.9 cm³/mol. The minimum Gasteiger partial charge on any atom is -0.496 e. The summed E-state index contributed by atoms with van der Waals surface area (Å²) in [4.78, 5) is 26.4. The third-order valence-electron chi connectivity index (χ3n) is 3.97. The molecule has 2 aliphatic rings. The minimum absolute atomic E-state index is 0.106. The summed E-state index contributed by atoms with van der Waals surface area (Å²) in [5.41, 5.74) is 1.48. The van der Waals surface area contributed by atoms with Crippen molar-refractivity contribution >= 4 is 11.8 Å². The van der Waals surface area contributed by atoms with Crippen LogP contribution in [0.15, 0.2) is 18.2 Å². The van der Waals surface area contributed by atoms with E-state index >= 15 is 0 Å². The Kier molecular flexibility index (Phi) is 3.79. The summed E-state index contributed by atoms with van der Waals surface area (Å²) < 4.78 is 10.5. The van der Waals surface area contributed by atoms with Crippen LogP contribution >= 0.6 is 0 Å². The Labute approximate surface area is 123 Å². The molecule has 6 nitrogen and oxygen atoms in total. The SMILES string of the molecule is COc1cccc2c1CN(C1CCCOCNC1=O)C2=O. The van der Waals surface area contributed by atoms with E-state index in [9.17, 15) is 9.59 Å². The molecular formula is C15H18N2O4. The standard InChI is InChI=1S/C15H18N2O4/c1-20-13-6-2-4-10-11(13)8-17(15(10)19)12-5-3-7-21-9-16-14(12)18/h2,4,6,12H,3,5,7-9H2,1H3,(H,16,18). The molecular weight excluding hydrogens is 272 g/mol. The molecule has 2 amide bonds. The van der Waals surface area contributed by atoms with Gasteiger partial charge in [0.1, 0.15) is 18.5 Å². The zero-order valence-electron chi connectivity index (χ0n) is 11.9. The molecule has 0 radical (unpaired) electrons. The third kappa shape index (κ3) is 2.47. The highest BCUT2D eigenvalue weighted by atomic mass is 16.5. The largest absolute Gasteiger partial charge is 0.496 e. The fourth-order valence-electron chi connectivity index (χ4n) is 2.89. The van der Waals surface area contributed by atoms with Crippen LogP contribution < -0.4 is 10.1 Å². The molecule has 0 aliphatic carbocycles. The Morgan fingerprint density at radius 1 is 1.38 bits per heavy atom. The number of amides is 2. The Balaban J connectivity index is 1.87. The number of carbonyl (C=O) groups excluding carboxylic acids is 2. The highest BCUT2D eigenvalue weighted by Gasteiger charge is 2.37. The average Bonchev–Trinajstić information content (AvgIpc) is 2.81. The maximum absolute atomic E-state index is 12.6. The van der Waals surface area contributed by atoms with Crippen LogP contribution in [-0.2, 0) is 16.1 Å². The molecule has 0 aromatic heterocycles. The van der Waals surface area contributed by atoms with Gasteiger partial charge >= 0.3 is 0 Å². The van der Waals surface area contributed by atoms with E-state index in [2.05, 4.69) is 5.32 Å². The Morgan fingerprint density at radius 2 is 2.24 bits per heavy atom. The zero-order valence-corrected chi connectivity index (χ0v) is 11.9. The van der Waals surface area contributed by atoms with E-state index < -0.39 is 6.04 Å². The number of carbonyl (C=O) groups is 2. The lowest BCUT2D eigenvalue weighted by molar-refractivity contribution is -0.129. The fraction of sp³-hybridized carbons (Fsp3) is 0.467. The van der Waals surface area contributed by atoms with Gasteiger partial charge in [-0.2, -0.15) is 0 Å². The number of benzene rings is 1. The van der Waals surface area contributed by atoms with Crippen molar-refractivity contribution in [3.05, 3.63) is 29.3 Å². The molecule has 1 N–H and O–H groups in total. The summed E-state index contributed by atoms with van der Waals surface area (Å²) in [5, 5.41) is 2.70. The van der Waals surface area contributed by atoms with Crippen molar-refractivity contribution in [2.45, 2.75) is 25.4 Å². The average molecular weight is 290 g/mol. The molecule has 2 aliphatic heterocycles. The Morgan fingerprint density at radius 3 is 3.05 bits per heavy atom. The molecule has 1 aromatic carbocycles. The van der Waals surface area contributed by atoms with Crippen LogP contribution in [0.4, 0.5) is 0 Å². The lowest BCUT2D eigenvalue weighted by Crippen LogP contribution is -2.48. The van der Waals surface area contributed by atoms with Crippen molar-refractivity contribution in [2.75, 3.05) is 20.4 Å². The van der Waals surface area contributed by atoms with E-state index in [1.807, 2.05) is 6.07 Å². The number of ether oxygens (including phenoxy) is 2. The Bertz CT molecular complexity index is 573. The molecule has 1 aromatic rings. The molecule has 1 fully saturated rings. The number of hydrogen-bond donors (Lipinski definition) is 1. The number of fused-ring (bicyclic) bond motifs is 1. The number of nitrogens with one attached hydrogen (secondary N) is 1. The van der Waals surface area contributed by atoms with Gasteiger partial charge in [0.2, 0.25) is 5.91 Å². The van der Waals surface area contributed by atoms with Gasteiger partial charge in [0.05, 0.1) is 13.7 Å². The summed E-state index contributed by atoms with van der Waals surface area (Å²) in [7, 11) is 1.59. The van der Waals surface area contributed by atoms with Crippen LogP contribution in [0.3, 0.4) is 0 Å². The summed E-state index contributed by atoms with van der Waals surface area (Å²) in [6.45, 7) is 1.21. The van der Waals surface area contributed by atoms with Gasteiger partial charge in [-0.1, -0.05) is 6.07 Å². The Hall–Kier alpha value is -2.08. The molecule has 2 heterocycles. The monoisotopic (exact) mass is 290 g/mol. The maximum atomic E-state index is 12.6. The number of nitrogens with zero attached hydrogens (tertiary/aromatic N) is 1. The van der Waals surface area contributed by atoms with Crippen molar-refractivity contribution in [3.63, 3.8) is 0 Å². The topological polar surface area (TPSA) is 67.9 Å². The van der Waals surface area contributed by atoms with Gasteiger partial charge in [-0.3, -0.25) is 9.59 Å². The summed E-state index contributed by atoms with van der Waals surface area (Å²) in [5.74, 6) is 0.429. The normalized spacial score (nSPS) is 22.3. The van der Waals surface area contributed by atoms with Gasteiger partial charge < -0.3 is 19.7 Å². The molecule has 3 rings (SSSR count). The van der Waals surface area contributed by atoms with Crippen molar-refractivity contribution in [3.8, 4) is 5.75 Å². The summed E-state index contributed by atoms with van der Waals surface area (Å²) in [6.07, 6.45) is 1.36. The first-order valence-electron chi connectivity index (χ1n) is 7.04. The zero-order chi connectivity index (χ0) is 14.8. The minimum atomic E-state index is -0.446. The first kappa shape index (κ1) is 13.9. The van der Waals surface area contributed by atoms with E-state index in [1.54, 1.807) is 24.1 Å².